The van der Waals surface area contributed by atoms with Gasteiger partial charge in [0.1, 0.15) is 0 Å². The van der Waals surface area contributed by atoms with Crippen molar-refractivity contribution in [3.05, 3.63) is 54.4 Å². The third kappa shape index (κ3) is 4.63. The zero-order valence-corrected chi connectivity index (χ0v) is 14.1. The first-order chi connectivity index (χ1) is 11.0. The maximum Gasteiger partial charge on any atom is 0.255 e. The van der Waals surface area contributed by atoms with Crippen molar-refractivity contribution < 1.29 is 4.79 Å². The van der Waals surface area contributed by atoms with E-state index in [-0.39, 0.29) is 11.9 Å². The maximum absolute atomic E-state index is 12.6. The molecule has 0 aliphatic rings. The number of rotatable bonds is 6. The Morgan fingerprint density at radius 3 is 2.52 bits per heavy atom. The number of carbonyl (C=O) groups is 1. The second-order valence-electron chi connectivity index (χ2n) is 6.25. The quantitative estimate of drug-likeness (QED) is 0.891. The first-order valence-electron chi connectivity index (χ1n) is 8.00. The molecule has 0 spiro atoms. The van der Waals surface area contributed by atoms with E-state index >= 15 is 0 Å². The smallest absolute Gasteiger partial charge is 0.255 e. The van der Waals surface area contributed by atoms with Crippen LogP contribution in [0.25, 0.3) is 11.1 Å². The van der Waals surface area contributed by atoms with Crippen LogP contribution in [0.4, 0.5) is 0 Å². The first kappa shape index (κ1) is 17.2. The minimum absolute atomic E-state index is 0.0220. The van der Waals surface area contributed by atoms with Gasteiger partial charge in [-0.15, -0.1) is 0 Å². The number of pyridine rings is 1. The van der Waals surface area contributed by atoms with Crippen molar-refractivity contribution in [3.63, 3.8) is 0 Å². The number of benzene rings is 1. The molecule has 0 radical (unpaired) electrons. The van der Waals surface area contributed by atoms with E-state index in [2.05, 4.69) is 18.8 Å². The highest BCUT2D eigenvalue weighted by Crippen LogP contribution is 2.19. The average molecular weight is 311 g/mol. The van der Waals surface area contributed by atoms with Gasteiger partial charge in [-0.05, 0) is 24.0 Å². The predicted molar refractivity (Wildman–Crippen MR) is 94.1 cm³/mol. The van der Waals surface area contributed by atoms with Gasteiger partial charge in [0.25, 0.3) is 5.91 Å². The molecule has 0 fully saturated rings. The molecule has 0 saturated carbocycles. The summed E-state index contributed by atoms with van der Waals surface area (Å²) >= 11 is 0. The van der Waals surface area contributed by atoms with Gasteiger partial charge in [-0.25, -0.2) is 0 Å². The number of nitrogens with zero attached hydrogens (tertiary/aromatic N) is 2. The zero-order chi connectivity index (χ0) is 16.8. The van der Waals surface area contributed by atoms with E-state index in [1.165, 1.54) is 0 Å². The van der Waals surface area contributed by atoms with Crippen LogP contribution in [-0.4, -0.2) is 35.4 Å². The molecule has 1 amide bonds. The maximum atomic E-state index is 12.6. The second-order valence-corrected chi connectivity index (χ2v) is 6.25. The topological polar surface area (TPSA) is 59.2 Å². The molecule has 0 saturated heterocycles. The molecule has 0 aliphatic carbocycles. The fourth-order valence-corrected chi connectivity index (χ4v) is 2.34. The van der Waals surface area contributed by atoms with Crippen molar-refractivity contribution in [3.8, 4) is 11.1 Å². The Hall–Kier alpha value is -2.20. The number of carbonyl (C=O) groups excluding carboxylic acids is 1. The number of amides is 1. The lowest BCUT2D eigenvalue weighted by molar-refractivity contribution is 0.0789. The van der Waals surface area contributed by atoms with Gasteiger partial charge in [0, 0.05) is 37.6 Å². The van der Waals surface area contributed by atoms with Gasteiger partial charge < -0.3 is 10.6 Å². The lowest BCUT2D eigenvalue weighted by Crippen LogP contribution is -2.34. The van der Waals surface area contributed by atoms with Gasteiger partial charge in [0.15, 0.2) is 0 Å². The van der Waals surface area contributed by atoms with Crippen LogP contribution in [0.5, 0.6) is 0 Å². The molecule has 122 valence electrons. The lowest BCUT2D eigenvalue weighted by Gasteiger charge is -2.21. The summed E-state index contributed by atoms with van der Waals surface area (Å²) in [5.74, 6) is 0.396. The van der Waals surface area contributed by atoms with Crippen LogP contribution in [0.2, 0.25) is 0 Å². The summed E-state index contributed by atoms with van der Waals surface area (Å²) < 4.78 is 0. The Morgan fingerprint density at radius 2 is 1.87 bits per heavy atom. The minimum atomic E-state index is -0.0220. The summed E-state index contributed by atoms with van der Waals surface area (Å²) in [5, 5.41) is 0. The standard InChI is InChI=1S/C19H25N3O/c1-14(2)18(20)9-10-22(3)19(23)17-11-16(12-21-13-17)15-7-5-4-6-8-15/h4-8,11-14,18H,9-10,20H2,1-3H3. The van der Waals surface area contributed by atoms with Crippen molar-refractivity contribution >= 4 is 5.91 Å². The number of hydrogen-bond donors (Lipinski definition) is 1. The van der Waals surface area contributed by atoms with Crippen LogP contribution in [0.3, 0.4) is 0 Å². The van der Waals surface area contributed by atoms with E-state index in [4.69, 9.17) is 5.73 Å². The molecule has 0 bridgehead atoms. The Morgan fingerprint density at radius 1 is 1.17 bits per heavy atom. The zero-order valence-electron chi connectivity index (χ0n) is 14.1. The van der Waals surface area contributed by atoms with Crippen molar-refractivity contribution in [1.29, 1.82) is 0 Å². The van der Waals surface area contributed by atoms with E-state index in [0.717, 1.165) is 17.5 Å². The van der Waals surface area contributed by atoms with Gasteiger partial charge in [0.2, 0.25) is 0 Å². The van der Waals surface area contributed by atoms with E-state index < -0.39 is 0 Å². The molecule has 4 heteroatoms. The third-order valence-electron chi connectivity index (χ3n) is 4.09. The highest BCUT2D eigenvalue weighted by atomic mass is 16.2. The summed E-state index contributed by atoms with van der Waals surface area (Å²) in [5.41, 5.74) is 8.66. The molecule has 2 aromatic rings. The summed E-state index contributed by atoms with van der Waals surface area (Å²) in [4.78, 5) is 18.5. The largest absolute Gasteiger partial charge is 0.342 e. The number of nitrogens with two attached hydrogens (primary N) is 1. The fraction of sp³-hybridized carbons (Fsp3) is 0.368. The Kier molecular flexibility index (Phi) is 5.88. The van der Waals surface area contributed by atoms with Crippen LogP contribution in [0.15, 0.2) is 48.8 Å². The molecule has 0 aliphatic heterocycles. The van der Waals surface area contributed by atoms with Crippen LogP contribution in [-0.2, 0) is 0 Å². The molecule has 1 unspecified atom stereocenters. The van der Waals surface area contributed by atoms with E-state index in [1.54, 1.807) is 17.3 Å². The van der Waals surface area contributed by atoms with E-state index in [1.807, 2.05) is 43.4 Å². The Labute approximate surface area is 138 Å². The molecule has 1 atom stereocenters. The Bertz CT molecular complexity index is 640. The summed E-state index contributed by atoms with van der Waals surface area (Å²) in [6.45, 7) is 4.84. The Balaban J connectivity index is 2.08. The molecule has 2 rings (SSSR count). The molecular formula is C19H25N3O. The third-order valence-corrected chi connectivity index (χ3v) is 4.09. The van der Waals surface area contributed by atoms with Crippen LogP contribution < -0.4 is 5.73 Å². The molecule has 23 heavy (non-hydrogen) atoms. The number of hydrogen-bond acceptors (Lipinski definition) is 3. The highest BCUT2D eigenvalue weighted by Gasteiger charge is 2.15. The SMILES string of the molecule is CC(C)C(N)CCN(C)C(=O)c1cncc(-c2ccccc2)c1. The molecule has 1 aromatic heterocycles. The average Bonchev–Trinajstić information content (AvgIpc) is 2.59. The molecule has 4 nitrogen and oxygen atoms in total. The van der Waals surface area contributed by atoms with Crippen molar-refractivity contribution in [2.45, 2.75) is 26.3 Å². The van der Waals surface area contributed by atoms with Crippen molar-refractivity contribution in [2.24, 2.45) is 11.7 Å². The molecule has 1 aromatic carbocycles. The predicted octanol–water partition coefficient (Wildman–Crippen LogP) is 3.19. The summed E-state index contributed by atoms with van der Waals surface area (Å²) in [6.07, 6.45) is 4.19. The lowest BCUT2D eigenvalue weighted by atomic mass is 10.0. The minimum Gasteiger partial charge on any atom is -0.342 e. The van der Waals surface area contributed by atoms with Gasteiger partial charge in [-0.3, -0.25) is 9.78 Å². The van der Waals surface area contributed by atoms with Crippen LogP contribution in [0.1, 0.15) is 30.6 Å². The van der Waals surface area contributed by atoms with Crippen LogP contribution >= 0.6 is 0 Å². The van der Waals surface area contributed by atoms with Gasteiger partial charge >= 0.3 is 0 Å². The summed E-state index contributed by atoms with van der Waals surface area (Å²) in [6, 6.07) is 11.9. The van der Waals surface area contributed by atoms with Gasteiger partial charge in [-0.1, -0.05) is 44.2 Å². The van der Waals surface area contributed by atoms with Gasteiger partial charge in [-0.2, -0.15) is 0 Å². The normalized spacial score (nSPS) is 12.2. The van der Waals surface area contributed by atoms with E-state index in [0.29, 0.717) is 18.0 Å². The fourth-order valence-electron chi connectivity index (χ4n) is 2.34. The van der Waals surface area contributed by atoms with Crippen LogP contribution in [0, 0.1) is 5.92 Å². The summed E-state index contributed by atoms with van der Waals surface area (Å²) in [7, 11) is 1.81. The molecule has 2 N–H and O–H groups in total. The first-order valence-corrected chi connectivity index (χ1v) is 8.00. The van der Waals surface area contributed by atoms with E-state index in [9.17, 15) is 4.79 Å². The van der Waals surface area contributed by atoms with Gasteiger partial charge in [0.05, 0.1) is 5.56 Å². The number of aromatic nitrogens is 1. The van der Waals surface area contributed by atoms with Crippen molar-refractivity contribution in [2.75, 3.05) is 13.6 Å². The molecule has 1 heterocycles. The van der Waals surface area contributed by atoms with Crippen molar-refractivity contribution in [1.82, 2.24) is 9.88 Å². The monoisotopic (exact) mass is 311 g/mol. The molecular weight excluding hydrogens is 286 g/mol. The second kappa shape index (κ2) is 7.88. The highest BCUT2D eigenvalue weighted by molar-refractivity contribution is 5.94.